The molecule has 1 fully saturated rings. The lowest BCUT2D eigenvalue weighted by atomic mass is 10.0. The van der Waals surface area contributed by atoms with Gasteiger partial charge in [-0.1, -0.05) is 72.6 Å². The predicted molar refractivity (Wildman–Crippen MR) is 118 cm³/mol. The lowest BCUT2D eigenvalue weighted by Crippen LogP contribution is -2.26. The Labute approximate surface area is 175 Å². The highest BCUT2D eigenvalue weighted by Crippen LogP contribution is 2.62. The number of fused-ring (bicyclic) bond motifs is 1. The van der Waals surface area contributed by atoms with Gasteiger partial charge in [0.25, 0.3) is 0 Å². The number of hydrogen-bond donors (Lipinski definition) is 0. The monoisotopic (exact) mass is 402 g/mol. The molecule has 2 heterocycles. The van der Waals surface area contributed by atoms with Gasteiger partial charge in [-0.15, -0.1) is 5.10 Å². The number of benzene rings is 3. The third-order valence-electron chi connectivity index (χ3n) is 5.88. The van der Waals surface area contributed by atoms with Gasteiger partial charge in [-0.05, 0) is 54.8 Å². The summed E-state index contributed by atoms with van der Waals surface area (Å²) in [5.74, 6) is 0. The Balaban J connectivity index is 1.71. The first-order chi connectivity index (χ1) is 14.3. The van der Waals surface area contributed by atoms with Gasteiger partial charge >= 0.3 is 0 Å². The van der Waals surface area contributed by atoms with E-state index < -0.39 is 0 Å². The first kappa shape index (κ1) is 18.2. The summed E-state index contributed by atoms with van der Waals surface area (Å²) in [5.41, 5.74) is 4.16. The molecular formula is C24H23ClN4. The van der Waals surface area contributed by atoms with E-state index in [1.165, 1.54) is 11.3 Å². The summed E-state index contributed by atoms with van der Waals surface area (Å²) in [6.07, 6.45) is 3.24. The molecule has 3 aromatic carbocycles. The molecule has 5 heteroatoms. The Bertz CT molecular complexity index is 1120. The standard InChI is InChI=1S/C24H23ClN4/c1-2-3-17-24(29-22-12-8-7-11-21(22)26-27-29)23(18-13-15-19(25)16-14-18)28(24)20-9-5-4-6-10-20/h4-16,23H,2-3,17H2,1H3/t23?,24-,28?/m0/s1. The van der Waals surface area contributed by atoms with E-state index in [2.05, 4.69) is 81.4 Å². The molecule has 0 aliphatic carbocycles. The zero-order valence-electron chi connectivity index (χ0n) is 16.4. The van der Waals surface area contributed by atoms with E-state index in [0.717, 1.165) is 35.3 Å². The summed E-state index contributed by atoms with van der Waals surface area (Å²) in [6.45, 7) is 2.24. The molecule has 146 valence electrons. The molecule has 0 spiro atoms. The summed E-state index contributed by atoms with van der Waals surface area (Å²) in [7, 11) is 0. The van der Waals surface area contributed by atoms with E-state index in [-0.39, 0.29) is 11.7 Å². The van der Waals surface area contributed by atoms with Crippen LogP contribution in [-0.2, 0) is 5.66 Å². The minimum absolute atomic E-state index is 0.179. The Kier molecular flexibility index (Phi) is 4.51. The molecule has 0 N–H and O–H groups in total. The molecule has 0 saturated carbocycles. The fraction of sp³-hybridized carbons (Fsp3) is 0.250. The molecule has 4 nitrogen and oxygen atoms in total. The van der Waals surface area contributed by atoms with Crippen LogP contribution in [0.5, 0.6) is 0 Å². The van der Waals surface area contributed by atoms with Crippen LogP contribution in [0.4, 0.5) is 5.69 Å². The van der Waals surface area contributed by atoms with Gasteiger partial charge in [-0.25, -0.2) is 4.68 Å². The average Bonchev–Trinajstić information content (AvgIpc) is 3.23. The number of anilines is 1. The number of para-hydroxylation sites is 2. The molecule has 29 heavy (non-hydrogen) atoms. The van der Waals surface area contributed by atoms with Gasteiger partial charge in [-0.3, -0.25) is 0 Å². The second-order valence-corrected chi connectivity index (χ2v) is 8.07. The topological polar surface area (TPSA) is 33.7 Å². The zero-order valence-corrected chi connectivity index (χ0v) is 17.1. The quantitative estimate of drug-likeness (QED) is 0.360. The molecule has 2 atom stereocenters. The first-order valence-electron chi connectivity index (χ1n) is 10.2. The lowest BCUT2D eigenvalue weighted by Gasteiger charge is -2.19. The fourth-order valence-electron chi connectivity index (χ4n) is 4.52. The van der Waals surface area contributed by atoms with Crippen molar-refractivity contribution in [3.05, 3.63) is 89.4 Å². The summed E-state index contributed by atoms with van der Waals surface area (Å²) >= 11 is 6.18. The normalized spacial score (nSPS) is 20.9. The van der Waals surface area contributed by atoms with Crippen molar-refractivity contribution in [1.29, 1.82) is 0 Å². The van der Waals surface area contributed by atoms with Crippen molar-refractivity contribution in [2.24, 2.45) is 0 Å². The van der Waals surface area contributed by atoms with Gasteiger partial charge in [0.1, 0.15) is 11.6 Å². The van der Waals surface area contributed by atoms with E-state index in [4.69, 9.17) is 11.6 Å². The minimum atomic E-state index is -0.276. The van der Waals surface area contributed by atoms with Crippen molar-refractivity contribution in [2.75, 3.05) is 4.90 Å². The molecule has 4 aromatic rings. The first-order valence-corrected chi connectivity index (χ1v) is 10.5. The van der Waals surface area contributed by atoms with Crippen molar-refractivity contribution in [3.8, 4) is 0 Å². The van der Waals surface area contributed by atoms with Gasteiger partial charge in [0.2, 0.25) is 0 Å². The zero-order chi connectivity index (χ0) is 19.8. The van der Waals surface area contributed by atoms with Gasteiger partial charge in [-0.2, -0.15) is 0 Å². The van der Waals surface area contributed by atoms with E-state index in [0.29, 0.717) is 0 Å². The number of unbranched alkanes of at least 4 members (excludes halogenated alkanes) is 1. The molecule has 1 saturated heterocycles. The van der Waals surface area contributed by atoms with Crippen molar-refractivity contribution >= 4 is 28.3 Å². The predicted octanol–water partition coefficient (Wildman–Crippen LogP) is 6.19. The van der Waals surface area contributed by atoms with E-state index in [9.17, 15) is 0 Å². The van der Waals surface area contributed by atoms with Crippen molar-refractivity contribution in [3.63, 3.8) is 0 Å². The minimum Gasteiger partial charge on any atom is -0.334 e. The lowest BCUT2D eigenvalue weighted by molar-refractivity contribution is 0.378. The second kappa shape index (κ2) is 7.20. The maximum atomic E-state index is 6.18. The summed E-state index contributed by atoms with van der Waals surface area (Å²) < 4.78 is 2.14. The summed E-state index contributed by atoms with van der Waals surface area (Å²) in [6, 6.07) is 27.2. The third kappa shape index (κ3) is 2.90. The van der Waals surface area contributed by atoms with Crippen LogP contribution in [0.1, 0.15) is 37.8 Å². The van der Waals surface area contributed by atoms with Crippen molar-refractivity contribution in [1.82, 2.24) is 15.0 Å². The Hall–Kier alpha value is -2.85. The van der Waals surface area contributed by atoms with E-state index in [1.54, 1.807) is 0 Å². The van der Waals surface area contributed by atoms with E-state index in [1.807, 2.05) is 24.3 Å². The second-order valence-electron chi connectivity index (χ2n) is 7.63. The van der Waals surface area contributed by atoms with Gasteiger partial charge in [0.15, 0.2) is 5.66 Å². The van der Waals surface area contributed by atoms with Crippen LogP contribution >= 0.6 is 11.6 Å². The SMILES string of the molecule is CCCC[C@]1(n2nnc3ccccc32)C(c2ccc(Cl)cc2)N1c1ccccc1. The third-order valence-corrected chi connectivity index (χ3v) is 6.13. The Morgan fingerprint density at radius 3 is 2.41 bits per heavy atom. The molecule has 0 bridgehead atoms. The smallest absolute Gasteiger partial charge is 0.161 e. The van der Waals surface area contributed by atoms with Crippen LogP contribution in [-0.4, -0.2) is 15.0 Å². The number of halogens is 1. The molecule has 0 radical (unpaired) electrons. The maximum Gasteiger partial charge on any atom is 0.161 e. The molecule has 1 aromatic heterocycles. The van der Waals surface area contributed by atoms with Gasteiger partial charge in [0.05, 0.1) is 5.52 Å². The number of hydrogen-bond acceptors (Lipinski definition) is 3. The number of aromatic nitrogens is 3. The molecular weight excluding hydrogens is 380 g/mol. The van der Waals surface area contributed by atoms with Crippen molar-refractivity contribution in [2.45, 2.75) is 37.9 Å². The van der Waals surface area contributed by atoms with Crippen molar-refractivity contribution < 1.29 is 0 Å². The molecule has 5 rings (SSSR count). The highest BCUT2D eigenvalue weighted by Gasteiger charge is 2.65. The van der Waals surface area contributed by atoms with Gasteiger partial charge < -0.3 is 4.90 Å². The van der Waals surface area contributed by atoms with Crippen LogP contribution in [0.3, 0.4) is 0 Å². The average molecular weight is 403 g/mol. The largest absolute Gasteiger partial charge is 0.334 e. The summed E-state index contributed by atoms with van der Waals surface area (Å²) in [4.78, 5) is 2.48. The molecule has 1 aliphatic rings. The molecule has 1 aliphatic heterocycles. The van der Waals surface area contributed by atoms with Crippen LogP contribution in [0.2, 0.25) is 5.02 Å². The van der Waals surface area contributed by atoms with Crippen LogP contribution in [0.15, 0.2) is 78.9 Å². The van der Waals surface area contributed by atoms with Crippen LogP contribution < -0.4 is 4.90 Å². The molecule has 0 amide bonds. The number of rotatable bonds is 6. The van der Waals surface area contributed by atoms with Crippen LogP contribution in [0.25, 0.3) is 11.0 Å². The van der Waals surface area contributed by atoms with E-state index >= 15 is 0 Å². The Morgan fingerprint density at radius 2 is 1.66 bits per heavy atom. The summed E-state index contributed by atoms with van der Waals surface area (Å²) in [5, 5.41) is 9.87. The number of nitrogens with zero attached hydrogens (tertiary/aromatic N) is 4. The van der Waals surface area contributed by atoms with Crippen LogP contribution in [0, 0.1) is 0 Å². The highest BCUT2D eigenvalue weighted by molar-refractivity contribution is 6.30. The highest BCUT2D eigenvalue weighted by atomic mass is 35.5. The fourth-order valence-corrected chi connectivity index (χ4v) is 4.64. The maximum absolute atomic E-state index is 6.18. The molecule has 1 unspecified atom stereocenters. The van der Waals surface area contributed by atoms with Gasteiger partial charge in [0, 0.05) is 10.7 Å². The Morgan fingerprint density at radius 1 is 0.931 bits per heavy atom.